The predicted molar refractivity (Wildman–Crippen MR) is 132 cm³/mol. The van der Waals surface area contributed by atoms with E-state index in [1.165, 1.54) is 128 Å². The van der Waals surface area contributed by atoms with Crippen molar-refractivity contribution in [2.75, 3.05) is 13.2 Å². The Morgan fingerprint density at radius 3 is 1.23 bits per heavy atom. The number of hydrogen-bond donors (Lipinski definition) is 1. The molecule has 0 fully saturated rings. The molecule has 0 saturated carbocycles. The summed E-state index contributed by atoms with van der Waals surface area (Å²) in [6, 6.07) is 0. The maximum absolute atomic E-state index is 11.7. The summed E-state index contributed by atoms with van der Waals surface area (Å²) in [5.41, 5.74) is 0. The molecular formula is C27H55NO2. The van der Waals surface area contributed by atoms with Gasteiger partial charge in [0.25, 0.3) is 0 Å². The van der Waals surface area contributed by atoms with E-state index >= 15 is 0 Å². The van der Waals surface area contributed by atoms with Crippen molar-refractivity contribution < 1.29 is 9.53 Å². The van der Waals surface area contributed by atoms with Crippen LogP contribution in [0.2, 0.25) is 0 Å². The summed E-state index contributed by atoms with van der Waals surface area (Å²) < 4.78 is 5.26. The molecule has 0 aromatic rings. The quantitative estimate of drug-likeness (QED) is 0.156. The highest BCUT2D eigenvalue weighted by atomic mass is 16.5. The average Bonchev–Trinajstić information content (AvgIpc) is 2.75. The van der Waals surface area contributed by atoms with Crippen molar-refractivity contribution in [3.63, 3.8) is 0 Å². The standard InChI is InChI=1S/C27H55NO2/c1-3-5-7-9-11-13-14-15-16-17-18-19-21-23-25-28-27(29)30-26-24-22-20-12-10-8-6-4-2/h3-26H2,1-2H3,(H,28,29). The largest absolute Gasteiger partial charge is 0.450 e. The molecule has 0 saturated heterocycles. The van der Waals surface area contributed by atoms with Gasteiger partial charge in [0.15, 0.2) is 0 Å². The van der Waals surface area contributed by atoms with Crippen molar-refractivity contribution in [2.45, 2.75) is 155 Å². The second-order valence-electron chi connectivity index (χ2n) is 9.13. The predicted octanol–water partition coefficient (Wildman–Crippen LogP) is 9.33. The molecule has 0 radical (unpaired) electrons. The minimum Gasteiger partial charge on any atom is -0.450 e. The molecule has 0 aliphatic rings. The number of amides is 1. The summed E-state index contributed by atoms with van der Waals surface area (Å²) in [7, 11) is 0. The monoisotopic (exact) mass is 425 g/mol. The van der Waals surface area contributed by atoms with E-state index in [0.29, 0.717) is 6.61 Å². The van der Waals surface area contributed by atoms with E-state index in [0.717, 1.165) is 19.4 Å². The second kappa shape index (κ2) is 26.3. The molecule has 0 rings (SSSR count). The second-order valence-corrected chi connectivity index (χ2v) is 9.13. The lowest BCUT2D eigenvalue weighted by Crippen LogP contribution is -2.25. The van der Waals surface area contributed by atoms with Crippen LogP contribution in [-0.2, 0) is 4.74 Å². The van der Waals surface area contributed by atoms with Crippen molar-refractivity contribution in [3.05, 3.63) is 0 Å². The SMILES string of the molecule is CCCCCCCCCCCCCCCCNC(=O)OCCCCCCCCCC. The van der Waals surface area contributed by atoms with E-state index in [4.69, 9.17) is 4.74 Å². The van der Waals surface area contributed by atoms with Crippen LogP contribution in [0, 0.1) is 0 Å². The number of ether oxygens (including phenoxy) is 1. The lowest BCUT2D eigenvalue weighted by molar-refractivity contribution is 0.143. The van der Waals surface area contributed by atoms with Gasteiger partial charge in [0.1, 0.15) is 0 Å². The molecule has 0 bridgehead atoms. The Kier molecular flexibility index (Phi) is 25.7. The van der Waals surface area contributed by atoms with Crippen LogP contribution in [0.1, 0.15) is 155 Å². The van der Waals surface area contributed by atoms with Crippen LogP contribution in [0.15, 0.2) is 0 Å². The van der Waals surface area contributed by atoms with Gasteiger partial charge in [0.2, 0.25) is 0 Å². The van der Waals surface area contributed by atoms with Crippen LogP contribution in [0.3, 0.4) is 0 Å². The van der Waals surface area contributed by atoms with Gasteiger partial charge in [0, 0.05) is 6.54 Å². The molecule has 0 aliphatic carbocycles. The minimum absolute atomic E-state index is 0.229. The van der Waals surface area contributed by atoms with Gasteiger partial charge in [-0.3, -0.25) is 0 Å². The molecule has 1 N–H and O–H groups in total. The van der Waals surface area contributed by atoms with Crippen LogP contribution in [0.5, 0.6) is 0 Å². The molecule has 0 atom stereocenters. The molecule has 3 heteroatoms. The zero-order chi connectivity index (χ0) is 22.0. The van der Waals surface area contributed by atoms with Crippen molar-refractivity contribution in [2.24, 2.45) is 0 Å². The van der Waals surface area contributed by atoms with E-state index in [2.05, 4.69) is 19.2 Å². The number of hydrogen-bond acceptors (Lipinski definition) is 2. The van der Waals surface area contributed by atoms with Gasteiger partial charge in [0.05, 0.1) is 6.61 Å². The highest BCUT2D eigenvalue weighted by Gasteiger charge is 2.01. The number of rotatable bonds is 24. The van der Waals surface area contributed by atoms with Crippen molar-refractivity contribution in [3.8, 4) is 0 Å². The first kappa shape index (κ1) is 29.3. The van der Waals surface area contributed by atoms with Crippen molar-refractivity contribution >= 4 is 6.09 Å². The number of alkyl carbamates (subject to hydrolysis) is 1. The molecule has 0 aliphatic heterocycles. The van der Waals surface area contributed by atoms with E-state index in [1.54, 1.807) is 0 Å². The van der Waals surface area contributed by atoms with Crippen molar-refractivity contribution in [1.29, 1.82) is 0 Å². The highest BCUT2D eigenvalue weighted by Crippen LogP contribution is 2.13. The minimum atomic E-state index is -0.229. The maximum atomic E-state index is 11.7. The van der Waals surface area contributed by atoms with Crippen LogP contribution < -0.4 is 5.32 Å². The molecule has 180 valence electrons. The maximum Gasteiger partial charge on any atom is 0.407 e. The summed E-state index contributed by atoms with van der Waals surface area (Å²) in [6.07, 6.45) is 29.0. The van der Waals surface area contributed by atoms with E-state index in [1.807, 2.05) is 0 Å². The Bertz CT molecular complexity index is 333. The third kappa shape index (κ3) is 25.3. The number of carbonyl (C=O) groups excluding carboxylic acids is 1. The summed E-state index contributed by atoms with van der Waals surface area (Å²) in [5.74, 6) is 0. The van der Waals surface area contributed by atoms with E-state index in [9.17, 15) is 4.79 Å². The average molecular weight is 426 g/mol. The smallest absolute Gasteiger partial charge is 0.407 e. The molecule has 0 aromatic carbocycles. The Morgan fingerprint density at radius 2 is 0.833 bits per heavy atom. The number of unbranched alkanes of at least 4 members (excludes halogenated alkanes) is 20. The number of carbonyl (C=O) groups is 1. The van der Waals surface area contributed by atoms with Gasteiger partial charge in [-0.15, -0.1) is 0 Å². The molecule has 0 spiro atoms. The number of nitrogens with one attached hydrogen (secondary N) is 1. The Morgan fingerprint density at radius 1 is 0.500 bits per heavy atom. The molecule has 0 unspecified atom stereocenters. The summed E-state index contributed by atoms with van der Waals surface area (Å²) in [5, 5.41) is 2.89. The first-order chi connectivity index (χ1) is 14.8. The van der Waals surface area contributed by atoms with Crippen LogP contribution >= 0.6 is 0 Å². The first-order valence-corrected chi connectivity index (χ1v) is 13.7. The first-order valence-electron chi connectivity index (χ1n) is 13.7. The van der Waals surface area contributed by atoms with Gasteiger partial charge < -0.3 is 10.1 Å². The van der Waals surface area contributed by atoms with Crippen LogP contribution in [0.25, 0.3) is 0 Å². The van der Waals surface area contributed by atoms with Crippen molar-refractivity contribution in [1.82, 2.24) is 5.32 Å². The summed E-state index contributed by atoms with van der Waals surface area (Å²) >= 11 is 0. The third-order valence-electron chi connectivity index (χ3n) is 6.03. The Hall–Kier alpha value is -0.730. The summed E-state index contributed by atoms with van der Waals surface area (Å²) in [6.45, 7) is 5.86. The summed E-state index contributed by atoms with van der Waals surface area (Å²) in [4.78, 5) is 11.7. The molecule has 3 nitrogen and oxygen atoms in total. The van der Waals surface area contributed by atoms with Gasteiger partial charge >= 0.3 is 6.09 Å². The lowest BCUT2D eigenvalue weighted by atomic mass is 10.0. The van der Waals surface area contributed by atoms with Gasteiger partial charge in [-0.05, 0) is 12.8 Å². The molecular weight excluding hydrogens is 370 g/mol. The molecule has 0 heterocycles. The topological polar surface area (TPSA) is 38.3 Å². The van der Waals surface area contributed by atoms with E-state index < -0.39 is 0 Å². The fourth-order valence-corrected chi connectivity index (χ4v) is 3.96. The Balaban J connectivity index is 3.12. The van der Waals surface area contributed by atoms with Gasteiger partial charge in [-0.2, -0.15) is 0 Å². The van der Waals surface area contributed by atoms with Crippen LogP contribution in [-0.4, -0.2) is 19.2 Å². The fraction of sp³-hybridized carbons (Fsp3) is 0.963. The van der Waals surface area contributed by atoms with Gasteiger partial charge in [-0.1, -0.05) is 142 Å². The fourth-order valence-electron chi connectivity index (χ4n) is 3.96. The molecule has 0 aromatic heterocycles. The zero-order valence-electron chi connectivity index (χ0n) is 20.8. The lowest BCUT2D eigenvalue weighted by Gasteiger charge is -2.07. The molecule has 30 heavy (non-hydrogen) atoms. The van der Waals surface area contributed by atoms with Gasteiger partial charge in [-0.25, -0.2) is 4.79 Å². The van der Waals surface area contributed by atoms with E-state index in [-0.39, 0.29) is 6.09 Å². The highest BCUT2D eigenvalue weighted by molar-refractivity contribution is 5.66. The normalized spacial score (nSPS) is 11.0. The zero-order valence-corrected chi connectivity index (χ0v) is 20.8. The Labute approximate surface area is 189 Å². The molecule has 1 amide bonds. The van der Waals surface area contributed by atoms with Crippen LogP contribution in [0.4, 0.5) is 4.79 Å². The third-order valence-corrected chi connectivity index (χ3v) is 6.03.